The second-order valence-electron chi connectivity index (χ2n) is 6.24. The lowest BCUT2D eigenvalue weighted by Crippen LogP contribution is -2.21. The zero-order valence-electron chi connectivity index (χ0n) is 12.7. The first-order valence-electron chi connectivity index (χ1n) is 7.36. The number of hydrogen-bond donors (Lipinski definition) is 2. The molecule has 3 nitrogen and oxygen atoms in total. The van der Waals surface area contributed by atoms with E-state index in [0.29, 0.717) is 0 Å². The van der Waals surface area contributed by atoms with Crippen molar-refractivity contribution < 1.29 is 5.11 Å². The van der Waals surface area contributed by atoms with E-state index in [9.17, 15) is 5.11 Å². The minimum atomic E-state index is 0.00594. The third kappa shape index (κ3) is 4.67. The van der Waals surface area contributed by atoms with E-state index in [4.69, 9.17) is 11.6 Å². The quantitative estimate of drug-likeness (QED) is 0.765. The van der Waals surface area contributed by atoms with Crippen molar-refractivity contribution in [1.82, 2.24) is 10.3 Å². The monoisotopic (exact) mass is 306 g/mol. The van der Waals surface area contributed by atoms with Crippen LogP contribution >= 0.6 is 11.6 Å². The summed E-state index contributed by atoms with van der Waals surface area (Å²) in [6, 6.07) is 7.87. The van der Waals surface area contributed by atoms with Crippen LogP contribution in [0.15, 0.2) is 30.5 Å². The Bertz CT molecular complexity index is 598. The van der Waals surface area contributed by atoms with E-state index < -0.39 is 0 Å². The predicted molar refractivity (Wildman–Crippen MR) is 88.6 cm³/mol. The highest BCUT2D eigenvalue weighted by atomic mass is 35.5. The van der Waals surface area contributed by atoms with Crippen molar-refractivity contribution in [2.45, 2.75) is 33.2 Å². The molecule has 1 aromatic heterocycles. The average molecular weight is 307 g/mol. The summed E-state index contributed by atoms with van der Waals surface area (Å²) in [5.74, 6) is 0. The largest absolute Gasteiger partial charge is 0.396 e. The van der Waals surface area contributed by atoms with Crippen molar-refractivity contribution in [3.8, 4) is 0 Å². The summed E-state index contributed by atoms with van der Waals surface area (Å²) in [7, 11) is 0. The highest BCUT2D eigenvalue weighted by Gasteiger charge is 2.15. The third-order valence-corrected chi connectivity index (χ3v) is 3.92. The lowest BCUT2D eigenvalue weighted by atomic mass is 9.89. The SMILES string of the molecule is CC(C)(CO)CCCNCc1cc(Cl)cc2cccnc12. The number of aliphatic hydroxyl groups excluding tert-OH is 1. The van der Waals surface area contributed by atoms with E-state index in [-0.39, 0.29) is 12.0 Å². The summed E-state index contributed by atoms with van der Waals surface area (Å²) < 4.78 is 0. The normalized spacial score (nSPS) is 12.0. The maximum Gasteiger partial charge on any atom is 0.0747 e. The molecule has 0 spiro atoms. The Balaban J connectivity index is 1.92. The van der Waals surface area contributed by atoms with Gasteiger partial charge in [-0.3, -0.25) is 4.98 Å². The number of fused-ring (bicyclic) bond motifs is 1. The first kappa shape index (κ1) is 16.2. The molecule has 0 saturated heterocycles. The number of rotatable bonds is 7. The molecule has 0 aliphatic heterocycles. The summed E-state index contributed by atoms with van der Waals surface area (Å²) in [4.78, 5) is 4.44. The maximum absolute atomic E-state index is 9.23. The van der Waals surface area contributed by atoms with Crippen LogP contribution in [-0.2, 0) is 6.54 Å². The number of nitrogens with zero attached hydrogens (tertiary/aromatic N) is 1. The summed E-state index contributed by atoms with van der Waals surface area (Å²) in [5.41, 5.74) is 2.14. The van der Waals surface area contributed by atoms with Crippen molar-refractivity contribution in [3.63, 3.8) is 0 Å². The van der Waals surface area contributed by atoms with Gasteiger partial charge >= 0.3 is 0 Å². The van der Waals surface area contributed by atoms with Crippen LogP contribution in [0.2, 0.25) is 5.02 Å². The molecule has 0 amide bonds. The van der Waals surface area contributed by atoms with Gasteiger partial charge in [0, 0.05) is 29.8 Å². The van der Waals surface area contributed by atoms with Crippen molar-refractivity contribution >= 4 is 22.5 Å². The van der Waals surface area contributed by atoms with Crippen LogP contribution in [0.4, 0.5) is 0 Å². The standard InChI is InChI=1S/C17H23ClN2O/c1-17(2,12-21)6-4-7-19-11-14-10-15(18)9-13-5-3-8-20-16(13)14/h3,5,8-10,19,21H,4,6-7,11-12H2,1-2H3. The van der Waals surface area contributed by atoms with E-state index in [0.717, 1.165) is 47.4 Å². The minimum Gasteiger partial charge on any atom is -0.396 e. The van der Waals surface area contributed by atoms with Gasteiger partial charge in [-0.1, -0.05) is 31.5 Å². The average Bonchev–Trinajstić information content (AvgIpc) is 2.46. The highest BCUT2D eigenvalue weighted by molar-refractivity contribution is 6.31. The Hall–Kier alpha value is -1.16. The van der Waals surface area contributed by atoms with E-state index in [2.05, 4.69) is 24.1 Å². The van der Waals surface area contributed by atoms with Crippen LogP contribution in [-0.4, -0.2) is 23.2 Å². The topological polar surface area (TPSA) is 45.1 Å². The molecule has 0 fully saturated rings. The van der Waals surface area contributed by atoms with Crippen LogP contribution in [0.3, 0.4) is 0 Å². The zero-order valence-corrected chi connectivity index (χ0v) is 13.5. The smallest absolute Gasteiger partial charge is 0.0747 e. The Morgan fingerprint density at radius 3 is 2.90 bits per heavy atom. The van der Waals surface area contributed by atoms with Crippen LogP contribution in [0.25, 0.3) is 10.9 Å². The molecule has 1 aromatic carbocycles. The number of nitrogens with one attached hydrogen (secondary N) is 1. The van der Waals surface area contributed by atoms with Crippen molar-refractivity contribution in [3.05, 3.63) is 41.0 Å². The number of hydrogen-bond acceptors (Lipinski definition) is 3. The third-order valence-electron chi connectivity index (χ3n) is 3.70. The molecule has 2 N–H and O–H groups in total. The van der Waals surface area contributed by atoms with Crippen molar-refractivity contribution in [2.24, 2.45) is 5.41 Å². The molecule has 4 heteroatoms. The molecule has 0 bridgehead atoms. The lowest BCUT2D eigenvalue weighted by Gasteiger charge is -2.21. The molecule has 114 valence electrons. The molecule has 0 atom stereocenters. The molecule has 0 aliphatic carbocycles. The van der Waals surface area contributed by atoms with E-state index >= 15 is 0 Å². The van der Waals surface area contributed by atoms with Crippen LogP contribution in [0.5, 0.6) is 0 Å². The molecule has 1 heterocycles. The van der Waals surface area contributed by atoms with Gasteiger partial charge < -0.3 is 10.4 Å². The van der Waals surface area contributed by atoms with Gasteiger partial charge in [-0.05, 0) is 48.6 Å². The second-order valence-corrected chi connectivity index (χ2v) is 6.68. The Morgan fingerprint density at radius 2 is 2.14 bits per heavy atom. The molecule has 21 heavy (non-hydrogen) atoms. The van der Waals surface area contributed by atoms with Crippen LogP contribution in [0.1, 0.15) is 32.3 Å². The number of aliphatic hydroxyl groups is 1. The first-order valence-corrected chi connectivity index (χ1v) is 7.74. The van der Waals surface area contributed by atoms with Gasteiger partial charge in [0.15, 0.2) is 0 Å². The van der Waals surface area contributed by atoms with Gasteiger partial charge in [0.2, 0.25) is 0 Å². The fourth-order valence-electron chi connectivity index (χ4n) is 2.36. The highest BCUT2D eigenvalue weighted by Crippen LogP contribution is 2.23. The van der Waals surface area contributed by atoms with Gasteiger partial charge in [0.1, 0.15) is 0 Å². The predicted octanol–water partition coefficient (Wildman–Crippen LogP) is 3.78. The Labute approximate surface area is 131 Å². The summed E-state index contributed by atoms with van der Waals surface area (Å²) >= 11 is 6.16. The molecule has 2 aromatic rings. The fraction of sp³-hybridized carbons (Fsp3) is 0.471. The van der Waals surface area contributed by atoms with Crippen molar-refractivity contribution in [2.75, 3.05) is 13.2 Å². The molecule has 0 aliphatic rings. The van der Waals surface area contributed by atoms with Gasteiger partial charge in [0.05, 0.1) is 5.52 Å². The Kier molecular flexibility index (Phi) is 5.57. The number of aromatic nitrogens is 1. The Morgan fingerprint density at radius 1 is 1.33 bits per heavy atom. The van der Waals surface area contributed by atoms with E-state index in [1.165, 1.54) is 0 Å². The molecule has 2 rings (SSSR count). The fourth-order valence-corrected chi connectivity index (χ4v) is 2.61. The number of benzene rings is 1. The second kappa shape index (κ2) is 7.21. The number of pyridine rings is 1. The van der Waals surface area contributed by atoms with Gasteiger partial charge in [-0.25, -0.2) is 0 Å². The summed E-state index contributed by atoms with van der Waals surface area (Å²) in [6.07, 6.45) is 3.86. The molecule has 0 unspecified atom stereocenters. The van der Waals surface area contributed by atoms with Gasteiger partial charge in [0.25, 0.3) is 0 Å². The van der Waals surface area contributed by atoms with Crippen molar-refractivity contribution in [1.29, 1.82) is 0 Å². The lowest BCUT2D eigenvalue weighted by molar-refractivity contribution is 0.148. The van der Waals surface area contributed by atoms with E-state index in [1.807, 2.05) is 30.5 Å². The summed E-state index contributed by atoms with van der Waals surface area (Å²) in [6.45, 7) is 6.08. The molecular formula is C17H23ClN2O. The van der Waals surface area contributed by atoms with Crippen LogP contribution < -0.4 is 5.32 Å². The summed E-state index contributed by atoms with van der Waals surface area (Å²) in [5, 5.41) is 14.5. The van der Waals surface area contributed by atoms with Crippen LogP contribution in [0, 0.1) is 5.41 Å². The van der Waals surface area contributed by atoms with E-state index in [1.54, 1.807) is 0 Å². The molecular weight excluding hydrogens is 284 g/mol. The van der Waals surface area contributed by atoms with Gasteiger partial charge in [-0.2, -0.15) is 0 Å². The number of halogens is 1. The molecule has 0 saturated carbocycles. The van der Waals surface area contributed by atoms with Gasteiger partial charge in [-0.15, -0.1) is 0 Å². The zero-order chi connectivity index (χ0) is 15.3. The molecule has 0 radical (unpaired) electrons. The minimum absolute atomic E-state index is 0.00594. The maximum atomic E-state index is 9.23. The first-order chi connectivity index (χ1) is 10.0.